The first-order valence-electron chi connectivity index (χ1n) is 8.28. The van der Waals surface area contributed by atoms with Gasteiger partial charge in [0.2, 0.25) is 5.91 Å². The Morgan fingerprint density at radius 2 is 2.08 bits per heavy atom. The minimum Gasteiger partial charge on any atom is -0.379 e. The third-order valence-electron chi connectivity index (χ3n) is 4.24. The van der Waals surface area contributed by atoms with E-state index in [1.54, 1.807) is 42.1 Å². The van der Waals surface area contributed by atoms with E-state index in [-0.39, 0.29) is 11.4 Å². The van der Waals surface area contributed by atoms with Crippen LogP contribution in [0.25, 0.3) is 6.08 Å². The van der Waals surface area contributed by atoms with Crippen LogP contribution >= 0.6 is 23.4 Å². The molecule has 0 aromatic heterocycles. The summed E-state index contributed by atoms with van der Waals surface area (Å²) in [5.41, 5.74) is 8.34. The van der Waals surface area contributed by atoms with Crippen molar-refractivity contribution in [3.05, 3.63) is 70.8 Å². The third-order valence-corrected chi connectivity index (χ3v) is 5.29. The van der Waals surface area contributed by atoms with Crippen LogP contribution in [0, 0.1) is 0 Å². The molecule has 0 bridgehead atoms. The molecule has 4 nitrogen and oxygen atoms in total. The number of benzene rings is 2. The van der Waals surface area contributed by atoms with Gasteiger partial charge in [-0.1, -0.05) is 41.6 Å². The number of hydrogen-bond donors (Lipinski definition) is 2. The van der Waals surface area contributed by atoms with Crippen molar-refractivity contribution in [2.24, 2.45) is 10.7 Å². The van der Waals surface area contributed by atoms with E-state index >= 15 is 0 Å². The number of nitrogens with zero attached hydrogens (tertiary/aromatic N) is 1. The predicted molar refractivity (Wildman–Crippen MR) is 112 cm³/mol. The van der Waals surface area contributed by atoms with Gasteiger partial charge in [-0.25, -0.2) is 0 Å². The van der Waals surface area contributed by atoms with Gasteiger partial charge in [-0.05, 0) is 60.9 Å². The first-order chi connectivity index (χ1) is 12.4. The molecule has 3 rings (SSSR count). The molecule has 2 aromatic carbocycles. The van der Waals surface area contributed by atoms with E-state index in [9.17, 15) is 4.79 Å². The van der Waals surface area contributed by atoms with E-state index in [1.165, 1.54) is 6.08 Å². The first-order valence-corrected chi connectivity index (χ1v) is 9.64. The fourth-order valence-corrected chi connectivity index (χ4v) is 3.86. The highest BCUT2D eigenvalue weighted by atomic mass is 35.5. The zero-order valence-corrected chi connectivity index (χ0v) is 16.0. The van der Waals surface area contributed by atoms with E-state index < -0.39 is 0 Å². The van der Waals surface area contributed by atoms with Crippen LogP contribution in [0.5, 0.6) is 0 Å². The van der Waals surface area contributed by atoms with Crippen LogP contribution < -0.4 is 11.1 Å². The molecule has 0 fully saturated rings. The maximum Gasteiger partial charge on any atom is 0.248 e. The Labute approximate surface area is 162 Å². The standard InChI is InChI=1S/C20H20ClN3OS/c1-20(11-12-26-19(22)24-20)15-4-2-3-14(13-15)5-10-18(25)23-17-8-6-16(21)7-9-17/h2-10,13H,11-12H2,1H3,(H2,22,24)(H,23,25)/b10-5+. The summed E-state index contributed by atoms with van der Waals surface area (Å²) in [6.07, 6.45) is 4.25. The van der Waals surface area contributed by atoms with Crippen LogP contribution in [0.4, 0.5) is 5.69 Å². The summed E-state index contributed by atoms with van der Waals surface area (Å²) in [4.78, 5) is 16.7. The summed E-state index contributed by atoms with van der Waals surface area (Å²) < 4.78 is 0. The van der Waals surface area contributed by atoms with E-state index in [0.717, 1.165) is 23.3 Å². The van der Waals surface area contributed by atoms with Gasteiger partial charge < -0.3 is 11.1 Å². The molecule has 1 heterocycles. The molecule has 3 N–H and O–H groups in total. The monoisotopic (exact) mass is 385 g/mol. The second-order valence-corrected chi connectivity index (χ2v) is 7.83. The topological polar surface area (TPSA) is 67.5 Å². The van der Waals surface area contributed by atoms with Crippen LogP contribution in [-0.4, -0.2) is 16.8 Å². The molecule has 0 radical (unpaired) electrons. The summed E-state index contributed by atoms with van der Waals surface area (Å²) in [7, 11) is 0. The van der Waals surface area contributed by atoms with Gasteiger partial charge in [0.05, 0.1) is 5.54 Å². The molecule has 1 amide bonds. The molecule has 1 unspecified atom stereocenters. The highest BCUT2D eigenvalue weighted by Gasteiger charge is 2.29. The normalized spacial score (nSPS) is 20.0. The summed E-state index contributed by atoms with van der Waals surface area (Å²) >= 11 is 7.43. The lowest BCUT2D eigenvalue weighted by Gasteiger charge is -2.29. The SMILES string of the molecule is CC1(c2cccc(/C=C/C(=O)Nc3ccc(Cl)cc3)c2)CCSC(N)=N1. The summed E-state index contributed by atoms with van der Waals surface area (Å²) in [6, 6.07) is 15.0. The lowest BCUT2D eigenvalue weighted by Crippen LogP contribution is -2.28. The lowest BCUT2D eigenvalue weighted by molar-refractivity contribution is -0.111. The second kappa shape index (κ2) is 7.98. The van der Waals surface area contributed by atoms with Gasteiger partial charge in [0.1, 0.15) is 0 Å². The minimum absolute atomic E-state index is 0.194. The van der Waals surface area contributed by atoms with Crippen LogP contribution in [0.15, 0.2) is 59.6 Å². The molecule has 0 saturated heterocycles. The number of carbonyl (C=O) groups excluding carboxylic acids is 1. The van der Waals surface area contributed by atoms with Crippen molar-refractivity contribution in [1.82, 2.24) is 0 Å². The smallest absolute Gasteiger partial charge is 0.248 e. The summed E-state index contributed by atoms with van der Waals surface area (Å²) in [5.74, 6) is 0.760. The van der Waals surface area contributed by atoms with Gasteiger partial charge in [0, 0.05) is 22.5 Å². The molecule has 0 saturated carbocycles. The summed E-state index contributed by atoms with van der Waals surface area (Å²) in [6.45, 7) is 2.09. The Hall–Kier alpha value is -2.24. The van der Waals surface area contributed by atoms with E-state index in [2.05, 4.69) is 29.4 Å². The first kappa shape index (κ1) is 18.5. The Balaban J connectivity index is 1.72. The van der Waals surface area contributed by atoms with Crippen molar-refractivity contribution in [3.63, 3.8) is 0 Å². The number of hydrogen-bond acceptors (Lipinski definition) is 4. The molecule has 1 atom stereocenters. The zero-order valence-electron chi connectivity index (χ0n) is 14.4. The molecular formula is C20H20ClN3OS. The highest BCUT2D eigenvalue weighted by Crippen LogP contribution is 2.35. The number of anilines is 1. The van der Waals surface area contributed by atoms with Crippen molar-refractivity contribution < 1.29 is 4.79 Å². The number of rotatable bonds is 4. The Morgan fingerprint density at radius 1 is 1.31 bits per heavy atom. The number of aliphatic imine (C=N–C) groups is 1. The number of nitrogens with two attached hydrogens (primary N) is 1. The molecule has 0 aliphatic carbocycles. The second-order valence-electron chi connectivity index (χ2n) is 6.28. The molecule has 1 aliphatic heterocycles. The van der Waals surface area contributed by atoms with Crippen LogP contribution in [0.1, 0.15) is 24.5 Å². The number of nitrogens with one attached hydrogen (secondary N) is 1. The van der Waals surface area contributed by atoms with Crippen molar-refractivity contribution in [3.8, 4) is 0 Å². The molecular weight excluding hydrogens is 366 g/mol. The number of thioether (sulfide) groups is 1. The van der Waals surface area contributed by atoms with Gasteiger partial charge in [0.25, 0.3) is 0 Å². The van der Waals surface area contributed by atoms with Gasteiger partial charge in [-0.3, -0.25) is 9.79 Å². The predicted octanol–water partition coefficient (Wildman–Crippen LogP) is 4.66. The van der Waals surface area contributed by atoms with E-state index in [0.29, 0.717) is 15.9 Å². The molecule has 6 heteroatoms. The Bertz CT molecular complexity index is 864. The highest BCUT2D eigenvalue weighted by molar-refractivity contribution is 8.13. The van der Waals surface area contributed by atoms with E-state index in [4.69, 9.17) is 17.3 Å². The average Bonchev–Trinajstić information content (AvgIpc) is 2.62. The lowest BCUT2D eigenvalue weighted by atomic mass is 9.89. The molecule has 2 aromatic rings. The minimum atomic E-state index is -0.315. The maximum atomic E-state index is 12.1. The molecule has 0 spiro atoms. The number of amidine groups is 1. The number of halogens is 1. The number of amides is 1. The van der Waals surface area contributed by atoms with Crippen molar-refractivity contribution in [1.29, 1.82) is 0 Å². The van der Waals surface area contributed by atoms with Crippen molar-refractivity contribution in [2.75, 3.05) is 11.1 Å². The van der Waals surface area contributed by atoms with Crippen LogP contribution in [0.2, 0.25) is 5.02 Å². The quantitative estimate of drug-likeness (QED) is 0.752. The van der Waals surface area contributed by atoms with Crippen molar-refractivity contribution in [2.45, 2.75) is 18.9 Å². The van der Waals surface area contributed by atoms with Crippen LogP contribution in [0.3, 0.4) is 0 Å². The van der Waals surface area contributed by atoms with Crippen molar-refractivity contribution >= 4 is 46.2 Å². The van der Waals surface area contributed by atoms with Gasteiger partial charge in [-0.2, -0.15) is 0 Å². The fraction of sp³-hybridized carbons (Fsp3) is 0.200. The Morgan fingerprint density at radius 3 is 2.81 bits per heavy atom. The van der Waals surface area contributed by atoms with E-state index in [1.807, 2.05) is 12.1 Å². The van der Waals surface area contributed by atoms with Gasteiger partial charge >= 0.3 is 0 Å². The maximum absolute atomic E-state index is 12.1. The molecule has 26 heavy (non-hydrogen) atoms. The third kappa shape index (κ3) is 4.68. The Kier molecular flexibility index (Phi) is 5.69. The van der Waals surface area contributed by atoms with Crippen LogP contribution in [-0.2, 0) is 10.3 Å². The largest absolute Gasteiger partial charge is 0.379 e. The zero-order chi connectivity index (χ0) is 18.6. The summed E-state index contributed by atoms with van der Waals surface area (Å²) in [5, 5.41) is 4.06. The molecule has 1 aliphatic rings. The average molecular weight is 386 g/mol. The van der Waals surface area contributed by atoms with Gasteiger partial charge in [0.15, 0.2) is 5.17 Å². The fourth-order valence-electron chi connectivity index (χ4n) is 2.76. The number of carbonyl (C=O) groups is 1. The van der Waals surface area contributed by atoms with Gasteiger partial charge in [-0.15, -0.1) is 0 Å². The molecule has 134 valence electrons.